The lowest BCUT2D eigenvalue weighted by Crippen LogP contribution is -2.40. The fourth-order valence-electron chi connectivity index (χ4n) is 2.53. The summed E-state index contributed by atoms with van der Waals surface area (Å²) in [6, 6.07) is 0.467. The largest absolute Gasteiger partial charge is 0.335 e. The normalized spacial score (nSPS) is 20.9. The molecule has 2 fully saturated rings. The molecule has 0 atom stereocenters. The summed E-state index contributed by atoms with van der Waals surface area (Å²) in [5.41, 5.74) is 0. The topological polar surface area (TPSA) is 58.1 Å². The second-order valence-electron chi connectivity index (χ2n) is 5.16. The SMILES string of the molecule is O=C(c1cnns1)N(CC1CCNCC1)C1CC1. The molecule has 0 radical (unpaired) electrons. The molecular formula is C12H18N4OS. The summed E-state index contributed by atoms with van der Waals surface area (Å²) in [6.07, 6.45) is 6.26. The molecule has 1 aromatic rings. The van der Waals surface area contributed by atoms with E-state index >= 15 is 0 Å². The molecule has 1 aliphatic heterocycles. The highest BCUT2D eigenvalue weighted by molar-refractivity contribution is 7.07. The number of hydrogen-bond acceptors (Lipinski definition) is 5. The van der Waals surface area contributed by atoms with Crippen LogP contribution in [-0.2, 0) is 0 Å². The van der Waals surface area contributed by atoms with E-state index in [1.165, 1.54) is 24.4 Å². The molecule has 2 heterocycles. The Morgan fingerprint density at radius 1 is 1.39 bits per heavy atom. The van der Waals surface area contributed by atoms with Gasteiger partial charge in [-0.3, -0.25) is 4.79 Å². The van der Waals surface area contributed by atoms with Crippen LogP contribution in [0.25, 0.3) is 0 Å². The standard InChI is InChI=1S/C12H18N4OS/c17-12(11-7-14-15-18-11)16(10-1-2-10)8-9-3-5-13-6-4-9/h7,9-10,13H,1-6,8H2. The van der Waals surface area contributed by atoms with Gasteiger partial charge in [0.15, 0.2) is 0 Å². The van der Waals surface area contributed by atoms with E-state index in [2.05, 4.69) is 19.8 Å². The van der Waals surface area contributed by atoms with Crippen molar-refractivity contribution in [2.45, 2.75) is 31.7 Å². The van der Waals surface area contributed by atoms with Crippen LogP contribution in [0.4, 0.5) is 0 Å². The van der Waals surface area contributed by atoms with E-state index in [-0.39, 0.29) is 5.91 Å². The van der Waals surface area contributed by atoms with Crippen molar-refractivity contribution in [2.75, 3.05) is 19.6 Å². The van der Waals surface area contributed by atoms with Crippen molar-refractivity contribution >= 4 is 17.4 Å². The third-order valence-electron chi connectivity index (χ3n) is 3.73. The van der Waals surface area contributed by atoms with Crippen LogP contribution in [0.5, 0.6) is 0 Å². The molecule has 1 saturated carbocycles. The highest BCUT2D eigenvalue weighted by atomic mass is 32.1. The molecule has 0 unspecified atom stereocenters. The number of aromatic nitrogens is 2. The van der Waals surface area contributed by atoms with E-state index in [9.17, 15) is 4.79 Å². The van der Waals surface area contributed by atoms with Gasteiger partial charge in [-0.15, -0.1) is 5.10 Å². The second kappa shape index (κ2) is 5.32. The molecule has 6 heteroatoms. The number of carbonyl (C=O) groups excluding carboxylic acids is 1. The summed E-state index contributed by atoms with van der Waals surface area (Å²) < 4.78 is 3.79. The van der Waals surface area contributed by atoms with Gasteiger partial charge < -0.3 is 10.2 Å². The first-order valence-electron chi connectivity index (χ1n) is 6.63. The lowest BCUT2D eigenvalue weighted by atomic mass is 9.97. The van der Waals surface area contributed by atoms with Gasteiger partial charge in [0.2, 0.25) is 0 Å². The fraction of sp³-hybridized carbons (Fsp3) is 0.750. The molecule has 1 amide bonds. The summed E-state index contributed by atoms with van der Waals surface area (Å²) in [5.74, 6) is 0.780. The van der Waals surface area contributed by atoms with E-state index in [0.717, 1.165) is 32.5 Å². The van der Waals surface area contributed by atoms with Gasteiger partial charge in [0.25, 0.3) is 5.91 Å². The summed E-state index contributed by atoms with van der Waals surface area (Å²) in [5, 5.41) is 7.13. The molecule has 1 aromatic heterocycles. The van der Waals surface area contributed by atoms with Crippen LogP contribution in [0.2, 0.25) is 0 Å². The van der Waals surface area contributed by atoms with Gasteiger partial charge >= 0.3 is 0 Å². The Kier molecular flexibility index (Phi) is 3.56. The van der Waals surface area contributed by atoms with E-state index in [1.807, 2.05) is 0 Å². The van der Waals surface area contributed by atoms with E-state index in [0.29, 0.717) is 16.8 Å². The minimum absolute atomic E-state index is 0.131. The van der Waals surface area contributed by atoms with E-state index in [4.69, 9.17) is 0 Å². The van der Waals surface area contributed by atoms with Gasteiger partial charge in [-0.25, -0.2) is 0 Å². The minimum atomic E-state index is 0.131. The molecule has 1 saturated heterocycles. The number of amides is 1. The minimum Gasteiger partial charge on any atom is -0.335 e. The highest BCUT2D eigenvalue weighted by Crippen LogP contribution is 2.30. The zero-order valence-corrected chi connectivity index (χ0v) is 11.2. The van der Waals surface area contributed by atoms with Crippen LogP contribution in [0.1, 0.15) is 35.4 Å². The summed E-state index contributed by atoms with van der Waals surface area (Å²) in [7, 11) is 0. The number of nitrogens with zero attached hydrogens (tertiary/aromatic N) is 3. The first-order chi connectivity index (χ1) is 8.84. The van der Waals surface area contributed by atoms with Gasteiger partial charge in [0.05, 0.1) is 6.20 Å². The zero-order chi connectivity index (χ0) is 12.4. The Balaban J connectivity index is 1.66. The van der Waals surface area contributed by atoms with Crippen LogP contribution in [0.3, 0.4) is 0 Å². The van der Waals surface area contributed by atoms with Crippen molar-refractivity contribution in [1.29, 1.82) is 0 Å². The molecular weight excluding hydrogens is 248 g/mol. The van der Waals surface area contributed by atoms with E-state index in [1.54, 1.807) is 6.20 Å². The third-order valence-corrected chi connectivity index (χ3v) is 4.39. The Hall–Kier alpha value is -1.01. The van der Waals surface area contributed by atoms with Crippen molar-refractivity contribution in [3.05, 3.63) is 11.1 Å². The van der Waals surface area contributed by atoms with E-state index < -0.39 is 0 Å². The van der Waals surface area contributed by atoms with Crippen molar-refractivity contribution < 1.29 is 4.79 Å². The van der Waals surface area contributed by atoms with Gasteiger partial charge in [-0.2, -0.15) is 0 Å². The maximum Gasteiger partial charge on any atom is 0.267 e. The van der Waals surface area contributed by atoms with Crippen LogP contribution >= 0.6 is 11.5 Å². The van der Waals surface area contributed by atoms with Gasteiger partial charge in [0.1, 0.15) is 4.88 Å². The number of rotatable bonds is 4. The predicted molar refractivity (Wildman–Crippen MR) is 69.6 cm³/mol. The van der Waals surface area contributed by atoms with Gasteiger partial charge in [-0.05, 0) is 56.2 Å². The molecule has 2 aliphatic rings. The number of carbonyl (C=O) groups is 1. The molecule has 0 aromatic carbocycles. The van der Waals surface area contributed by atoms with Crippen molar-refractivity contribution in [3.63, 3.8) is 0 Å². The fourth-order valence-corrected chi connectivity index (χ4v) is 3.00. The summed E-state index contributed by atoms with van der Waals surface area (Å²) in [6.45, 7) is 3.07. The second-order valence-corrected chi connectivity index (χ2v) is 5.95. The Morgan fingerprint density at radius 3 is 2.78 bits per heavy atom. The maximum absolute atomic E-state index is 12.4. The molecule has 0 bridgehead atoms. The van der Waals surface area contributed by atoms with Gasteiger partial charge in [-0.1, -0.05) is 4.49 Å². The average molecular weight is 266 g/mol. The molecule has 5 nitrogen and oxygen atoms in total. The summed E-state index contributed by atoms with van der Waals surface area (Å²) in [4.78, 5) is 15.1. The Labute approximate surface area is 111 Å². The predicted octanol–water partition coefficient (Wildman–Crippen LogP) is 1.14. The van der Waals surface area contributed by atoms with Crippen LogP contribution < -0.4 is 5.32 Å². The molecule has 98 valence electrons. The molecule has 0 spiro atoms. The smallest absolute Gasteiger partial charge is 0.267 e. The molecule has 1 N–H and O–H groups in total. The quantitative estimate of drug-likeness (QED) is 0.888. The van der Waals surface area contributed by atoms with Crippen molar-refractivity contribution in [3.8, 4) is 0 Å². The highest BCUT2D eigenvalue weighted by Gasteiger charge is 2.35. The average Bonchev–Trinajstić information content (AvgIpc) is 3.10. The Bertz CT molecular complexity index is 398. The number of piperidine rings is 1. The maximum atomic E-state index is 12.4. The van der Waals surface area contributed by atoms with Crippen LogP contribution in [0, 0.1) is 5.92 Å². The first kappa shape index (κ1) is 12.0. The number of nitrogens with one attached hydrogen (secondary N) is 1. The van der Waals surface area contributed by atoms with Crippen LogP contribution in [-0.4, -0.2) is 46.1 Å². The molecule has 3 rings (SSSR count). The molecule has 1 aliphatic carbocycles. The Morgan fingerprint density at radius 2 is 2.17 bits per heavy atom. The zero-order valence-electron chi connectivity index (χ0n) is 10.3. The monoisotopic (exact) mass is 266 g/mol. The molecule has 18 heavy (non-hydrogen) atoms. The van der Waals surface area contributed by atoms with Gasteiger partial charge in [0, 0.05) is 12.6 Å². The van der Waals surface area contributed by atoms with Crippen LogP contribution in [0.15, 0.2) is 6.20 Å². The van der Waals surface area contributed by atoms with Crippen molar-refractivity contribution in [1.82, 2.24) is 19.8 Å². The lowest BCUT2D eigenvalue weighted by molar-refractivity contribution is 0.0706. The summed E-state index contributed by atoms with van der Waals surface area (Å²) >= 11 is 1.20. The number of hydrogen-bond donors (Lipinski definition) is 1. The van der Waals surface area contributed by atoms with Crippen molar-refractivity contribution in [2.24, 2.45) is 5.92 Å². The first-order valence-corrected chi connectivity index (χ1v) is 7.41. The lowest BCUT2D eigenvalue weighted by Gasteiger charge is -2.29. The third kappa shape index (κ3) is 2.70.